The summed E-state index contributed by atoms with van der Waals surface area (Å²) in [4.78, 5) is 22.2. The first-order chi connectivity index (χ1) is 16.4. The monoisotopic (exact) mass is 464 g/mol. The highest BCUT2D eigenvalue weighted by Gasteiger charge is 2.27. The average molecular weight is 465 g/mol. The largest absolute Gasteiger partial charge is 0.491 e. The SMILES string of the molecule is CNCC(O)COc1cccc(-c2nc(C[C@H]3CCCC3=O)c(C)c(-c3c(C)noc3C)n2)c1. The van der Waals surface area contributed by atoms with Gasteiger partial charge >= 0.3 is 0 Å². The normalized spacial score (nSPS) is 16.7. The highest BCUT2D eigenvalue weighted by Crippen LogP contribution is 2.34. The molecule has 2 atom stereocenters. The minimum atomic E-state index is -0.606. The number of benzene rings is 1. The van der Waals surface area contributed by atoms with Crippen molar-refractivity contribution in [3.63, 3.8) is 0 Å². The fourth-order valence-electron chi connectivity index (χ4n) is 4.50. The molecule has 0 aliphatic heterocycles. The molecule has 180 valence electrons. The number of hydrogen-bond acceptors (Lipinski definition) is 8. The maximum Gasteiger partial charge on any atom is 0.160 e. The molecule has 0 spiro atoms. The molecule has 1 aromatic carbocycles. The van der Waals surface area contributed by atoms with Gasteiger partial charge in [0.25, 0.3) is 0 Å². The van der Waals surface area contributed by atoms with Crippen molar-refractivity contribution >= 4 is 5.78 Å². The second-order valence-corrected chi connectivity index (χ2v) is 8.98. The molecule has 1 aliphatic carbocycles. The van der Waals surface area contributed by atoms with E-state index in [2.05, 4.69) is 10.5 Å². The van der Waals surface area contributed by atoms with Crippen LogP contribution in [0.4, 0.5) is 0 Å². The van der Waals surface area contributed by atoms with Gasteiger partial charge in [-0.15, -0.1) is 0 Å². The van der Waals surface area contributed by atoms with Crippen LogP contribution >= 0.6 is 0 Å². The number of aromatic nitrogens is 3. The molecule has 8 nitrogen and oxygen atoms in total. The summed E-state index contributed by atoms with van der Waals surface area (Å²) in [5, 5.41) is 17.0. The standard InChI is InChI=1S/C26H32N4O4/c1-15-22(12-18-7-6-10-23(18)32)28-26(29-25(15)24-16(2)30-34-17(24)3)19-8-5-9-21(11-19)33-14-20(31)13-27-4/h5,8-9,11,18,20,27,31H,6-7,10,12-14H2,1-4H3/t18-,20?/m1/s1. The third kappa shape index (κ3) is 5.18. The van der Waals surface area contributed by atoms with Crippen molar-refractivity contribution in [1.82, 2.24) is 20.4 Å². The molecule has 0 saturated heterocycles. The van der Waals surface area contributed by atoms with Gasteiger partial charge in [0, 0.05) is 30.1 Å². The Hall–Kier alpha value is -3.10. The molecule has 2 heterocycles. The zero-order chi connectivity index (χ0) is 24.2. The van der Waals surface area contributed by atoms with Crippen LogP contribution in [0.25, 0.3) is 22.6 Å². The summed E-state index contributed by atoms with van der Waals surface area (Å²) in [6, 6.07) is 7.53. The molecule has 0 bridgehead atoms. The number of aliphatic hydroxyl groups is 1. The fourth-order valence-corrected chi connectivity index (χ4v) is 4.50. The van der Waals surface area contributed by atoms with Gasteiger partial charge in [-0.05, 0) is 64.8 Å². The molecule has 34 heavy (non-hydrogen) atoms. The van der Waals surface area contributed by atoms with Crippen LogP contribution in [0.2, 0.25) is 0 Å². The molecule has 1 fully saturated rings. The second kappa shape index (κ2) is 10.4. The number of hydrogen-bond donors (Lipinski definition) is 2. The lowest BCUT2D eigenvalue weighted by Gasteiger charge is -2.16. The summed E-state index contributed by atoms with van der Waals surface area (Å²) >= 11 is 0. The third-order valence-corrected chi connectivity index (χ3v) is 6.36. The van der Waals surface area contributed by atoms with E-state index < -0.39 is 6.10 Å². The van der Waals surface area contributed by atoms with Gasteiger partial charge in [-0.2, -0.15) is 0 Å². The molecule has 4 rings (SSSR count). The number of rotatable bonds is 9. The zero-order valence-corrected chi connectivity index (χ0v) is 20.2. The van der Waals surface area contributed by atoms with Gasteiger partial charge in [0.15, 0.2) is 5.82 Å². The Morgan fingerprint density at radius 3 is 2.76 bits per heavy atom. The number of likely N-dealkylation sites (N-methyl/N-ethyl adjacent to an activating group) is 1. The van der Waals surface area contributed by atoms with Crippen LogP contribution in [-0.4, -0.2) is 52.3 Å². The van der Waals surface area contributed by atoms with Gasteiger partial charge in [0.2, 0.25) is 0 Å². The minimum absolute atomic E-state index is 0.00213. The molecular formula is C26H32N4O4. The molecule has 8 heteroatoms. The Balaban J connectivity index is 1.73. The van der Waals surface area contributed by atoms with Gasteiger partial charge in [0.05, 0.1) is 17.0 Å². The van der Waals surface area contributed by atoms with Crippen LogP contribution in [0.5, 0.6) is 5.75 Å². The van der Waals surface area contributed by atoms with Crippen LogP contribution in [0, 0.1) is 26.7 Å². The quantitative estimate of drug-likeness (QED) is 0.494. The predicted molar refractivity (Wildman–Crippen MR) is 129 cm³/mol. The number of carbonyl (C=O) groups is 1. The second-order valence-electron chi connectivity index (χ2n) is 8.98. The maximum absolute atomic E-state index is 12.4. The molecule has 1 unspecified atom stereocenters. The summed E-state index contributed by atoms with van der Waals surface area (Å²) in [6.07, 6.45) is 2.48. The van der Waals surface area contributed by atoms with Crippen molar-refractivity contribution < 1.29 is 19.2 Å². The van der Waals surface area contributed by atoms with E-state index in [-0.39, 0.29) is 12.5 Å². The predicted octanol–water partition coefficient (Wildman–Crippen LogP) is 3.59. The molecule has 2 N–H and O–H groups in total. The maximum atomic E-state index is 12.4. The number of aliphatic hydroxyl groups excluding tert-OH is 1. The first-order valence-corrected chi connectivity index (χ1v) is 11.8. The minimum Gasteiger partial charge on any atom is -0.491 e. The molecule has 1 saturated carbocycles. The average Bonchev–Trinajstić information content (AvgIpc) is 3.38. The van der Waals surface area contributed by atoms with Crippen LogP contribution in [0.3, 0.4) is 0 Å². The molecule has 0 amide bonds. The lowest BCUT2D eigenvalue weighted by atomic mass is 9.95. The summed E-state index contributed by atoms with van der Waals surface area (Å²) in [6.45, 7) is 6.41. The van der Waals surface area contributed by atoms with E-state index >= 15 is 0 Å². The van der Waals surface area contributed by atoms with Crippen LogP contribution in [-0.2, 0) is 11.2 Å². The van der Waals surface area contributed by atoms with E-state index in [1.807, 2.05) is 45.0 Å². The Bertz CT molecular complexity index is 1150. The third-order valence-electron chi connectivity index (χ3n) is 6.36. The van der Waals surface area contributed by atoms with Crippen molar-refractivity contribution in [2.45, 2.75) is 52.6 Å². The zero-order valence-electron chi connectivity index (χ0n) is 20.2. The summed E-state index contributed by atoms with van der Waals surface area (Å²) in [5.74, 6) is 2.20. The molecule has 0 radical (unpaired) electrons. The number of aryl methyl sites for hydroxylation is 2. The Morgan fingerprint density at radius 1 is 1.26 bits per heavy atom. The molecule has 2 aromatic heterocycles. The van der Waals surface area contributed by atoms with Crippen LogP contribution < -0.4 is 10.1 Å². The number of nitrogens with zero attached hydrogens (tertiary/aromatic N) is 3. The van der Waals surface area contributed by atoms with Gasteiger partial charge in [-0.1, -0.05) is 17.3 Å². The summed E-state index contributed by atoms with van der Waals surface area (Å²) in [5.41, 5.74) is 5.02. The first kappa shape index (κ1) is 24.0. The van der Waals surface area contributed by atoms with E-state index in [1.165, 1.54) is 0 Å². The summed E-state index contributed by atoms with van der Waals surface area (Å²) < 4.78 is 11.2. The van der Waals surface area contributed by atoms with Crippen molar-refractivity contribution in [2.75, 3.05) is 20.2 Å². The van der Waals surface area contributed by atoms with Crippen molar-refractivity contribution in [2.24, 2.45) is 5.92 Å². The molecular weight excluding hydrogens is 432 g/mol. The number of ether oxygens (including phenoxy) is 1. The number of Topliss-reactive ketones (excluding diaryl/α,β-unsaturated/α-hetero) is 1. The van der Waals surface area contributed by atoms with Gasteiger partial charge in [-0.25, -0.2) is 9.97 Å². The van der Waals surface area contributed by atoms with Crippen molar-refractivity contribution in [1.29, 1.82) is 0 Å². The van der Waals surface area contributed by atoms with Gasteiger partial charge in [0.1, 0.15) is 30.0 Å². The topological polar surface area (TPSA) is 110 Å². The lowest BCUT2D eigenvalue weighted by molar-refractivity contribution is -0.120. The van der Waals surface area contributed by atoms with E-state index in [1.54, 1.807) is 7.05 Å². The van der Waals surface area contributed by atoms with Gasteiger partial charge < -0.3 is 19.7 Å². The molecule has 3 aromatic rings. The lowest BCUT2D eigenvalue weighted by Crippen LogP contribution is -2.29. The Morgan fingerprint density at radius 2 is 2.09 bits per heavy atom. The van der Waals surface area contributed by atoms with E-state index in [9.17, 15) is 9.90 Å². The van der Waals surface area contributed by atoms with Crippen molar-refractivity contribution in [3.05, 3.63) is 47.0 Å². The fraction of sp³-hybridized carbons (Fsp3) is 0.462. The highest BCUT2D eigenvalue weighted by atomic mass is 16.5. The molecule has 1 aliphatic rings. The Kier molecular flexibility index (Phi) is 7.38. The van der Waals surface area contributed by atoms with Gasteiger partial charge in [-0.3, -0.25) is 4.79 Å². The van der Waals surface area contributed by atoms with Crippen LogP contribution in [0.15, 0.2) is 28.8 Å². The first-order valence-electron chi connectivity index (χ1n) is 11.8. The van der Waals surface area contributed by atoms with E-state index in [0.29, 0.717) is 42.5 Å². The van der Waals surface area contributed by atoms with Crippen molar-refractivity contribution in [3.8, 4) is 28.4 Å². The highest BCUT2D eigenvalue weighted by molar-refractivity contribution is 5.83. The number of nitrogens with one attached hydrogen (secondary N) is 1. The van der Waals surface area contributed by atoms with E-state index in [0.717, 1.165) is 46.6 Å². The number of ketones is 1. The Labute approximate surface area is 199 Å². The summed E-state index contributed by atoms with van der Waals surface area (Å²) in [7, 11) is 1.78. The smallest absolute Gasteiger partial charge is 0.160 e. The van der Waals surface area contributed by atoms with E-state index in [4.69, 9.17) is 19.2 Å². The van der Waals surface area contributed by atoms with Crippen LogP contribution in [0.1, 0.15) is 42.0 Å². The number of carbonyl (C=O) groups excluding carboxylic acids is 1.